The van der Waals surface area contributed by atoms with E-state index in [2.05, 4.69) is 4.90 Å². The predicted molar refractivity (Wildman–Crippen MR) is 101 cm³/mol. The number of rotatable bonds is 5. The second-order valence-electron chi connectivity index (χ2n) is 7.44. The van der Waals surface area contributed by atoms with Crippen molar-refractivity contribution in [1.82, 2.24) is 9.80 Å². The summed E-state index contributed by atoms with van der Waals surface area (Å²) in [5, 5.41) is 0. The van der Waals surface area contributed by atoms with Gasteiger partial charge < -0.3 is 0 Å². The number of likely N-dealkylation sites (tertiary alicyclic amines) is 1. The van der Waals surface area contributed by atoms with Gasteiger partial charge in [0.1, 0.15) is 5.82 Å². The minimum absolute atomic E-state index is 0.163. The number of benzene rings is 2. The van der Waals surface area contributed by atoms with Crippen LogP contribution in [0.3, 0.4) is 0 Å². The Morgan fingerprint density at radius 3 is 2.07 bits per heavy atom. The van der Waals surface area contributed by atoms with Crippen LogP contribution in [0.2, 0.25) is 0 Å². The zero-order valence-corrected chi connectivity index (χ0v) is 15.2. The van der Waals surface area contributed by atoms with Gasteiger partial charge in [-0.3, -0.25) is 19.4 Å². The van der Waals surface area contributed by atoms with Gasteiger partial charge in [0.05, 0.1) is 11.1 Å². The number of hydrogen-bond acceptors (Lipinski definition) is 3. The van der Waals surface area contributed by atoms with Gasteiger partial charge in [-0.15, -0.1) is 0 Å². The first-order valence-electron chi connectivity index (χ1n) is 9.54. The smallest absolute Gasteiger partial charge is 0.261 e. The molecule has 0 radical (unpaired) electrons. The van der Waals surface area contributed by atoms with Gasteiger partial charge in [-0.25, -0.2) is 4.39 Å². The van der Waals surface area contributed by atoms with E-state index in [0.29, 0.717) is 23.6 Å². The van der Waals surface area contributed by atoms with Crippen LogP contribution in [0.25, 0.3) is 0 Å². The monoisotopic (exact) mass is 366 g/mol. The Hall–Kier alpha value is -2.53. The average molecular weight is 366 g/mol. The second-order valence-corrected chi connectivity index (χ2v) is 7.44. The molecule has 0 aliphatic carbocycles. The minimum Gasteiger partial charge on any atom is -0.299 e. The lowest BCUT2D eigenvalue weighted by Crippen LogP contribution is -2.36. The zero-order valence-electron chi connectivity index (χ0n) is 15.2. The van der Waals surface area contributed by atoms with Gasteiger partial charge in [-0.1, -0.05) is 24.3 Å². The molecule has 2 heterocycles. The molecule has 0 bridgehead atoms. The number of amides is 2. The number of nitrogens with zero attached hydrogens (tertiary/aromatic N) is 2. The fourth-order valence-corrected chi connectivity index (χ4v) is 4.04. The molecule has 0 unspecified atom stereocenters. The summed E-state index contributed by atoms with van der Waals surface area (Å²) in [6.45, 7) is 3.31. The van der Waals surface area contributed by atoms with Gasteiger partial charge in [0, 0.05) is 13.1 Å². The SMILES string of the molecule is O=C1c2ccccc2C(=O)N1CCC1CCN(Cc2ccc(F)cc2)CC1. The first-order valence-corrected chi connectivity index (χ1v) is 9.54. The Kier molecular flexibility index (Phi) is 5.03. The maximum absolute atomic E-state index is 13.0. The van der Waals surface area contributed by atoms with Gasteiger partial charge in [0.25, 0.3) is 11.8 Å². The van der Waals surface area contributed by atoms with Crippen molar-refractivity contribution in [2.45, 2.75) is 25.8 Å². The van der Waals surface area contributed by atoms with Crippen LogP contribution in [0.5, 0.6) is 0 Å². The van der Waals surface area contributed by atoms with E-state index in [4.69, 9.17) is 0 Å². The van der Waals surface area contributed by atoms with Crippen molar-refractivity contribution in [3.05, 3.63) is 71.0 Å². The predicted octanol–water partition coefficient (Wildman–Crippen LogP) is 3.72. The Balaban J connectivity index is 1.26. The van der Waals surface area contributed by atoms with E-state index in [-0.39, 0.29) is 17.6 Å². The van der Waals surface area contributed by atoms with Crippen LogP contribution in [0.15, 0.2) is 48.5 Å². The summed E-state index contributed by atoms with van der Waals surface area (Å²) in [7, 11) is 0. The first-order chi connectivity index (χ1) is 13.1. The molecule has 4 rings (SSSR count). The number of halogens is 1. The van der Waals surface area contributed by atoms with E-state index in [9.17, 15) is 14.0 Å². The lowest BCUT2D eigenvalue weighted by Gasteiger charge is -2.32. The number of carbonyl (C=O) groups is 2. The maximum atomic E-state index is 13.0. The normalized spacial score (nSPS) is 18.2. The van der Waals surface area contributed by atoms with Crippen molar-refractivity contribution in [3.63, 3.8) is 0 Å². The highest BCUT2D eigenvalue weighted by Gasteiger charge is 2.35. The maximum Gasteiger partial charge on any atom is 0.261 e. The second kappa shape index (κ2) is 7.61. The molecule has 0 aromatic heterocycles. The van der Waals surface area contributed by atoms with Crippen LogP contribution in [-0.2, 0) is 6.54 Å². The molecule has 27 heavy (non-hydrogen) atoms. The molecule has 0 saturated carbocycles. The molecule has 1 fully saturated rings. The van der Waals surface area contributed by atoms with Gasteiger partial charge in [0.2, 0.25) is 0 Å². The molecule has 5 heteroatoms. The van der Waals surface area contributed by atoms with Crippen LogP contribution in [-0.4, -0.2) is 41.2 Å². The van der Waals surface area contributed by atoms with Crippen LogP contribution in [0.4, 0.5) is 4.39 Å². The van der Waals surface area contributed by atoms with Crippen molar-refractivity contribution in [2.75, 3.05) is 19.6 Å². The summed E-state index contributed by atoms with van der Waals surface area (Å²) in [5.41, 5.74) is 2.18. The third-order valence-corrected chi connectivity index (χ3v) is 5.67. The number of imide groups is 1. The molecule has 2 aliphatic heterocycles. The Morgan fingerprint density at radius 2 is 1.48 bits per heavy atom. The van der Waals surface area contributed by atoms with Crippen LogP contribution in [0.1, 0.15) is 45.5 Å². The Bertz CT molecular complexity index is 807. The van der Waals surface area contributed by atoms with Gasteiger partial charge >= 0.3 is 0 Å². The molecule has 0 spiro atoms. The Morgan fingerprint density at radius 1 is 0.889 bits per heavy atom. The van der Waals surface area contributed by atoms with Gasteiger partial charge in [-0.05, 0) is 68.1 Å². The van der Waals surface area contributed by atoms with Crippen molar-refractivity contribution < 1.29 is 14.0 Å². The lowest BCUT2D eigenvalue weighted by molar-refractivity contribution is 0.0636. The summed E-state index contributed by atoms with van der Waals surface area (Å²) >= 11 is 0. The molecule has 2 aromatic rings. The lowest BCUT2D eigenvalue weighted by atomic mass is 9.93. The molecule has 2 aliphatic rings. The number of piperidine rings is 1. The standard InChI is InChI=1S/C22H23FN2O2/c23-18-7-5-17(6-8-18)15-24-12-9-16(10-13-24)11-14-25-21(26)19-3-1-2-4-20(19)22(25)27/h1-8,16H,9-15H2. The first kappa shape index (κ1) is 17.9. The van der Waals surface area contributed by atoms with Crippen molar-refractivity contribution in [2.24, 2.45) is 5.92 Å². The summed E-state index contributed by atoms with van der Waals surface area (Å²) in [6, 6.07) is 13.7. The molecular weight excluding hydrogens is 343 g/mol. The van der Waals surface area contributed by atoms with E-state index < -0.39 is 0 Å². The molecule has 0 atom stereocenters. The molecule has 140 valence electrons. The highest BCUT2D eigenvalue weighted by Crippen LogP contribution is 2.26. The van der Waals surface area contributed by atoms with E-state index in [0.717, 1.165) is 44.5 Å². The summed E-state index contributed by atoms with van der Waals surface area (Å²) in [4.78, 5) is 28.6. The summed E-state index contributed by atoms with van der Waals surface area (Å²) in [6.07, 6.45) is 2.98. The van der Waals surface area contributed by atoms with E-state index >= 15 is 0 Å². The van der Waals surface area contributed by atoms with Gasteiger partial charge in [-0.2, -0.15) is 0 Å². The molecule has 2 amide bonds. The quantitative estimate of drug-likeness (QED) is 0.757. The van der Waals surface area contributed by atoms with Gasteiger partial charge in [0.15, 0.2) is 0 Å². The number of carbonyl (C=O) groups excluding carboxylic acids is 2. The largest absolute Gasteiger partial charge is 0.299 e. The van der Waals surface area contributed by atoms with Crippen LogP contribution < -0.4 is 0 Å². The third kappa shape index (κ3) is 3.78. The van der Waals surface area contributed by atoms with Crippen molar-refractivity contribution in [3.8, 4) is 0 Å². The molecule has 1 saturated heterocycles. The summed E-state index contributed by atoms with van der Waals surface area (Å²) < 4.78 is 13.0. The molecular formula is C22H23FN2O2. The van der Waals surface area contributed by atoms with E-state index in [1.165, 1.54) is 17.0 Å². The Labute approximate surface area is 158 Å². The van der Waals surface area contributed by atoms with Crippen molar-refractivity contribution in [1.29, 1.82) is 0 Å². The van der Waals surface area contributed by atoms with Crippen molar-refractivity contribution >= 4 is 11.8 Å². The van der Waals surface area contributed by atoms with Crippen LogP contribution in [0, 0.1) is 11.7 Å². The average Bonchev–Trinajstić information content (AvgIpc) is 2.94. The fraction of sp³-hybridized carbons (Fsp3) is 0.364. The fourth-order valence-electron chi connectivity index (χ4n) is 4.04. The highest BCUT2D eigenvalue weighted by atomic mass is 19.1. The van der Waals surface area contributed by atoms with E-state index in [1.54, 1.807) is 24.3 Å². The molecule has 2 aromatic carbocycles. The van der Waals surface area contributed by atoms with E-state index in [1.807, 2.05) is 12.1 Å². The highest BCUT2D eigenvalue weighted by molar-refractivity contribution is 6.21. The molecule has 0 N–H and O–H groups in total. The van der Waals surface area contributed by atoms with Crippen LogP contribution >= 0.6 is 0 Å². The number of fused-ring (bicyclic) bond motifs is 1. The minimum atomic E-state index is -0.203. The summed E-state index contributed by atoms with van der Waals surface area (Å²) in [5.74, 6) is -0.00177. The number of hydrogen-bond donors (Lipinski definition) is 0. The topological polar surface area (TPSA) is 40.6 Å². The third-order valence-electron chi connectivity index (χ3n) is 5.67. The molecule has 4 nitrogen and oxygen atoms in total. The zero-order chi connectivity index (χ0) is 18.8.